The summed E-state index contributed by atoms with van der Waals surface area (Å²) < 4.78 is 5.58. The van der Waals surface area contributed by atoms with Crippen LogP contribution in [0.25, 0.3) is 10.8 Å². The molecule has 7 nitrogen and oxygen atoms in total. The number of fused-ring (bicyclic) bond motifs is 2. The van der Waals surface area contributed by atoms with Gasteiger partial charge in [-0.15, -0.1) is 0 Å². The number of hydrogen-bond acceptors (Lipinski definition) is 7. The highest BCUT2D eigenvalue weighted by atomic mass is 35.5. The third-order valence-electron chi connectivity index (χ3n) is 7.81. The molecular weight excluding hydrogens is 496 g/mol. The minimum absolute atomic E-state index is 0.390. The molecule has 2 fully saturated rings. The van der Waals surface area contributed by atoms with Gasteiger partial charge in [0.05, 0.1) is 12.1 Å². The van der Waals surface area contributed by atoms with E-state index in [1.165, 1.54) is 31.5 Å². The Morgan fingerprint density at radius 2 is 1.82 bits per heavy atom. The highest BCUT2D eigenvalue weighted by molar-refractivity contribution is 6.36. The van der Waals surface area contributed by atoms with Crippen molar-refractivity contribution in [1.29, 1.82) is 5.26 Å². The van der Waals surface area contributed by atoms with Crippen molar-refractivity contribution in [3.05, 3.63) is 58.1 Å². The Bertz CT molecular complexity index is 1330. The number of hydrogen-bond donors (Lipinski definition) is 1. The zero-order valence-electron chi connectivity index (χ0n) is 22.6. The van der Waals surface area contributed by atoms with E-state index in [0.717, 1.165) is 65.5 Å². The molecule has 3 aliphatic heterocycles. The maximum absolute atomic E-state index is 9.99. The van der Waals surface area contributed by atoms with Crippen LogP contribution in [-0.4, -0.2) is 69.4 Å². The van der Waals surface area contributed by atoms with Gasteiger partial charge in [-0.3, -0.25) is 0 Å². The first kappa shape index (κ1) is 26.6. The van der Waals surface area contributed by atoms with Gasteiger partial charge in [-0.1, -0.05) is 35.9 Å². The summed E-state index contributed by atoms with van der Waals surface area (Å²) in [5.74, 6) is 1.37. The summed E-state index contributed by atoms with van der Waals surface area (Å²) in [5.41, 5.74) is 3.80. The van der Waals surface area contributed by atoms with E-state index in [4.69, 9.17) is 21.3 Å². The van der Waals surface area contributed by atoms with Gasteiger partial charge >= 0.3 is 0 Å². The van der Waals surface area contributed by atoms with Gasteiger partial charge in [0.15, 0.2) is 0 Å². The minimum atomic E-state index is 0.390. The quantitative estimate of drug-likeness (QED) is 0.517. The smallest absolute Gasteiger partial charge is 0.233 e. The van der Waals surface area contributed by atoms with E-state index < -0.39 is 0 Å². The number of methoxy groups -OCH3 is 1. The summed E-state index contributed by atoms with van der Waals surface area (Å²) in [4.78, 5) is 11.8. The lowest BCUT2D eigenvalue weighted by molar-refractivity contribution is 0.393. The number of anilines is 2. The molecule has 0 bridgehead atoms. The standard InChI is InChI=1S/C25H26ClN5O.C5H11N/c1-16-14-31(12-10-28-16)24-18-9-11-30(15-20(18)19(13-27)25(29-24)32-2)22-8-4-6-17-5-3-7-21(26)23(17)22;1-6-4-2-3-5-6/h3-8,16,28H,9-12,14-15H2,1-2H3;2-5H2,1H3. The van der Waals surface area contributed by atoms with Crippen molar-refractivity contribution in [3.8, 4) is 11.9 Å². The van der Waals surface area contributed by atoms with Crippen LogP contribution in [-0.2, 0) is 13.0 Å². The molecule has 1 unspecified atom stereocenters. The van der Waals surface area contributed by atoms with Crippen molar-refractivity contribution in [2.75, 3.05) is 63.2 Å². The van der Waals surface area contributed by atoms with Crippen LogP contribution in [0.4, 0.5) is 11.5 Å². The molecule has 0 spiro atoms. The molecule has 6 rings (SSSR count). The van der Waals surface area contributed by atoms with Crippen LogP contribution in [0.1, 0.15) is 36.5 Å². The molecular formula is C30H37ClN6O. The van der Waals surface area contributed by atoms with Gasteiger partial charge in [-0.05, 0) is 63.8 Å². The second kappa shape index (κ2) is 11.8. The molecule has 2 aromatic carbocycles. The van der Waals surface area contributed by atoms with Gasteiger partial charge in [0.25, 0.3) is 0 Å². The zero-order chi connectivity index (χ0) is 26.6. The number of ether oxygens (including phenoxy) is 1. The molecule has 1 atom stereocenters. The van der Waals surface area contributed by atoms with Gasteiger partial charge in [0, 0.05) is 61.0 Å². The van der Waals surface area contributed by atoms with E-state index in [1.807, 2.05) is 12.1 Å². The number of nitriles is 1. The Labute approximate surface area is 230 Å². The number of halogens is 1. The zero-order valence-corrected chi connectivity index (χ0v) is 23.4. The Morgan fingerprint density at radius 1 is 1.05 bits per heavy atom. The lowest BCUT2D eigenvalue weighted by Gasteiger charge is -2.38. The van der Waals surface area contributed by atoms with Crippen molar-refractivity contribution in [3.63, 3.8) is 0 Å². The topological polar surface area (TPSA) is 67.7 Å². The van der Waals surface area contributed by atoms with Gasteiger partial charge in [0.2, 0.25) is 5.88 Å². The van der Waals surface area contributed by atoms with Gasteiger partial charge in [0.1, 0.15) is 17.5 Å². The maximum Gasteiger partial charge on any atom is 0.233 e. The lowest BCUT2D eigenvalue weighted by atomic mass is 9.94. The van der Waals surface area contributed by atoms with Gasteiger partial charge < -0.3 is 24.8 Å². The maximum atomic E-state index is 9.99. The number of benzene rings is 2. The largest absolute Gasteiger partial charge is 0.480 e. The number of nitrogens with one attached hydrogen (secondary N) is 1. The van der Waals surface area contributed by atoms with Crippen LogP contribution in [0.2, 0.25) is 5.02 Å². The fourth-order valence-electron chi connectivity index (χ4n) is 5.86. The Hall–Kier alpha value is -3.05. The van der Waals surface area contributed by atoms with Gasteiger partial charge in [-0.25, -0.2) is 0 Å². The molecule has 4 heterocycles. The number of aromatic nitrogens is 1. The number of nitrogens with zero attached hydrogens (tertiary/aromatic N) is 5. The van der Waals surface area contributed by atoms with Crippen molar-refractivity contribution in [2.45, 2.75) is 38.8 Å². The first-order valence-electron chi connectivity index (χ1n) is 13.6. The summed E-state index contributed by atoms with van der Waals surface area (Å²) in [6.45, 7) is 8.98. The molecule has 0 amide bonds. The van der Waals surface area contributed by atoms with Crippen LogP contribution < -0.4 is 19.9 Å². The number of piperazine rings is 1. The van der Waals surface area contributed by atoms with E-state index >= 15 is 0 Å². The summed E-state index contributed by atoms with van der Waals surface area (Å²) in [5, 5.41) is 16.4. The van der Waals surface area contributed by atoms with E-state index in [-0.39, 0.29) is 0 Å². The Kier molecular flexibility index (Phi) is 8.23. The number of pyridine rings is 1. The van der Waals surface area contributed by atoms with E-state index in [1.54, 1.807) is 7.11 Å². The molecule has 200 valence electrons. The first-order chi connectivity index (χ1) is 18.5. The molecule has 38 heavy (non-hydrogen) atoms. The molecule has 1 N–H and O–H groups in total. The van der Waals surface area contributed by atoms with Gasteiger partial charge in [-0.2, -0.15) is 10.2 Å². The van der Waals surface area contributed by atoms with Crippen LogP contribution >= 0.6 is 11.6 Å². The number of rotatable bonds is 3. The third-order valence-corrected chi connectivity index (χ3v) is 8.13. The monoisotopic (exact) mass is 532 g/mol. The van der Waals surface area contributed by atoms with Crippen LogP contribution in [0.3, 0.4) is 0 Å². The molecule has 3 aliphatic rings. The number of likely N-dealkylation sites (tertiary alicyclic amines) is 1. The average Bonchev–Trinajstić information content (AvgIpc) is 3.42. The van der Waals surface area contributed by atoms with Crippen LogP contribution in [0.15, 0.2) is 36.4 Å². The molecule has 0 radical (unpaired) electrons. The SMILES string of the molecule is CN1CCCC1.COc1nc(N2CCNC(C)C2)c2c(c1C#N)CN(c1cccc3cccc(Cl)c13)CC2. The molecule has 2 saturated heterocycles. The summed E-state index contributed by atoms with van der Waals surface area (Å²) >= 11 is 6.61. The van der Waals surface area contributed by atoms with Crippen molar-refractivity contribution in [1.82, 2.24) is 15.2 Å². The lowest BCUT2D eigenvalue weighted by Crippen LogP contribution is -2.50. The molecule has 0 saturated carbocycles. The van der Waals surface area contributed by atoms with Crippen molar-refractivity contribution < 1.29 is 4.74 Å². The van der Waals surface area contributed by atoms with Crippen molar-refractivity contribution in [2.24, 2.45) is 0 Å². The summed E-state index contributed by atoms with van der Waals surface area (Å²) in [6, 6.07) is 15.0. The minimum Gasteiger partial charge on any atom is -0.480 e. The highest BCUT2D eigenvalue weighted by Gasteiger charge is 2.30. The molecule has 1 aromatic heterocycles. The normalized spacial score (nSPS) is 19.5. The first-order valence-corrected chi connectivity index (χ1v) is 14.0. The summed E-state index contributed by atoms with van der Waals surface area (Å²) in [7, 11) is 3.76. The second-order valence-corrected chi connectivity index (χ2v) is 10.9. The predicted molar refractivity (Wildman–Crippen MR) is 156 cm³/mol. The average molecular weight is 533 g/mol. The predicted octanol–water partition coefficient (Wildman–Crippen LogP) is 4.84. The van der Waals surface area contributed by atoms with Crippen LogP contribution in [0, 0.1) is 11.3 Å². The highest BCUT2D eigenvalue weighted by Crippen LogP contribution is 2.39. The van der Waals surface area contributed by atoms with E-state index in [9.17, 15) is 5.26 Å². The summed E-state index contributed by atoms with van der Waals surface area (Å²) in [6.07, 6.45) is 3.64. The molecule has 3 aromatic rings. The second-order valence-electron chi connectivity index (χ2n) is 10.5. The third kappa shape index (κ3) is 5.40. The van der Waals surface area contributed by atoms with Crippen molar-refractivity contribution >= 4 is 33.9 Å². The fraction of sp³-hybridized carbons (Fsp3) is 0.467. The van der Waals surface area contributed by atoms with Crippen LogP contribution in [0.5, 0.6) is 5.88 Å². The van der Waals surface area contributed by atoms with E-state index in [0.29, 0.717) is 24.0 Å². The molecule has 8 heteroatoms. The Balaban J connectivity index is 0.000000433. The Morgan fingerprint density at radius 3 is 2.47 bits per heavy atom. The fourth-order valence-corrected chi connectivity index (χ4v) is 6.14. The van der Waals surface area contributed by atoms with E-state index in [2.05, 4.69) is 64.3 Å². The molecule has 0 aliphatic carbocycles.